The summed E-state index contributed by atoms with van der Waals surface area (Å²) < 4.78 is 33.5. The molecule has 0 bridgehead atoms. The first-order valence-electron chi connectivity index (χ1n) is 6.41. The molecule has 0 heterocycles. The molecule has 12 heteroatoms. The molecule has 0 aromatic heterocycles. The van der Waals surface area contributed by atoms with E-state index >= 15 is 0 Å². The van der Waals surface area contributed by atoms with Crippen LogP contribution in [0.1, 0.15) is 0 Å². The van der Waals surface area contributed by atoms with E-state index < -0.39 is 31.2 Å². The van der Waals surface area contributed by atoms with E-state index in [1.165, 1.54) is 30.3 Å². The third-order valence-electron chi connectivity index (χ3n) is 3.24. The summed E-state index contributed by atoms with van der Waals surface area (Å²) in [5, 5.41) is 3.61. The summed E-state index contributed by atoms with van der Waals surface area (Å²) in [7, 11) is -4.74. The van der Waals surface area contributed by atoms with E-state index in [1.807, 2.05) is 0 Å². The van der Waals surface area contributed by atoms with Gasteiger partial charge >= 0.3 is 17.1 Å². The number of rotatable bonds is 3. The second kappa shape index (κ2) is 10.0. The molecule has 3 aromatic rings. The monoisotopic (exact) mass is 447 g/mol. The maximum atomic E-state index is 12.1. The molecule has 0 fully saturated rings. The van der Waals surface area contributed by atoms with Gasteiger partial charge in [0.05, 0.1) is 0 Å². The SMILES string of the molecule is O.O=c1c(=N[N-]c2ccccc2S(=O)(=O)[O-])c(=O)c2ccccc12.[Cu+2].[OH3+].[OH3+]. The fourth-order valence-corrected chi connectivity index (χ4v) is 2.79. The maximum absolute atomic E-state index is 12.1. The molecule has 0 saturated heterocycles. The van der Waals surface area contributed by atoms with Gasteiger partial charge in [0.1, 0.15) is 15.5 Å². The predicted octanol–water partition coefficient (Wildman–Crippen LogP) is -1.81. The first kappa shape index (κ1) is 26.8. The van der Waals surface area contributed by atoms with Gasteiger partial charge in [-0.1, -0.05) is 42.5 Å². The van der Waals surface area contributed by atoms with Gasteiger partial charge in [0, 0.05) is 15.7 Å². The van der Waals surface area contributed by atoms with E-state index in [4.69, 9.17) is 0 Å². The zero-order chi connectivity index (χ0) is 16.6. The van der Waals surface area contributed by atoms with Gasteiger partial charge in [0.25, 0.3) is 0 Å². The predicted molar refractivity (Wildman–Crippen MR) is 95.2 cm³/mol. The smallest absolute Gasteiger partial charge is 0.744 e. The van der Waals surface area contributed by atoms with Gasteiger partial charge < -0.3 is 31.5 Å². The number of benzene rings is 2. The van der Waals surface area contributed by atoms with E-state index in [1.54, 1.807) is 12.1 Å². The van der Waals surface area contributed by atoms with Crippen molar-refractivity contribution in [1.29, 1.82) is 0 Å². The third-order valence-corrected chi connectivity index (χ3v) is 4.12. The van der Waals surface area contributed by atoms with Crippen LogP contribution < -0.4 is 16.2 Å². The van der Waals surface area contributed by atoms with Gasteiger partial charge in [-0.15, -0.1) is 5.69 Å². The summed E-state index contributed by atoms with van der Waals surface area (Å²) in [6.45, 7) is 0. The van der Waals surface area contributed by atoms with Crippen molar-refractivity contribution in [2.24, 2.45) is 5.10 Å². The molecule has 0 aliphatic carbocycles. The van der Waals surface area contributed by atoms with Crippen molar-refractivity contribution >= 4 is 26.6 Å². The molecule has 0 aliphatic heterocycles. The number of hydrogen-bond donors (Lipinski definition) is 0. The van der Waals surface area contributed by atoms with Crippen LogP contribution in [0.2, 0.25) is 0 Å². The van der Waals surface area contributed by atoms with Crippen LogP contribution in [0.4, 0.5) is 5.69 Å². The minimum absolute atomic E-state index is 0. The van der Waals surface area contributed by atoms with Crippen molar-refractivity contribution in [1.82, 2.24) is 0 Å². The first-order valence-corrected chi connectivity index (χ1v) is 7.82. The number of nitrogens with zero attached hydrogens (tertiary/aromatic N) is 2. The Morgan fingerprint density at radius 2 is 1.30 bits per heavy atom. The topological polar surface area (TPSA) is 215 Å². The van der Waals surface area contributed by atoms with Crippen LogP contribution in [-0.4, -0.2) is 18.4 Å². The van der Waals surface area contributed by atoms with Crippen molar-refractivity contribution in [2.45, 2.75) is 4.90 Å². The Kier molecular flexibility index (Phi) is 9.96. The molecule has 0 amide bonds. The maximum Gasteiger partial charge on any atom is 2.00 e. The Hall–Kier alpha value is -2.44. The molecule has 0 unspecified atom stereocenters. The molecule has 149 valence electrons. The standard InChI is InChI=1S/C15H10N2O5S.Cu.3H2O/c18-14-9-5-1-2-6-10(9)15(19)13(14)17-16-11-7-3-4-8-12(11)23(20,21)22;;;;/h1-8H,(H2,16,18,19,20,21,22);;3*1H2/q;+2;;;. The molecule has 3 aromatic carbocycles. The fraction of sp³-hybridized carbons (Fsp3) is 0. The molecule has 0 spiro atoms. The Labute approximate surface area is 163 Å². The molecule has 0 saturated carbocycles. The van der Waals surface area contributed by atoms with Crippen molar-refractivity contribution in [2.75, 3.05) is 0 Å². The summed E-state index contributed by atoms with van der Waals surface area (Å²) in [6, 6.07) is 11.4. The summed E-state index contributed by atoms with van der Waals surface area (Å²) in [6.07, 6.45) is 0. The zero-order valence-electron chi connectivity index (χ0n) is 13.4. The van der Waals surface area contributed by atoms with Gasteiger partial charge in [-0.05, 0) is 6.07 Å². The van der Waals surface area contributed by atoms with Crippen molar-refractivity contribution in [3.05, 3.63) is 79.8 Å². The molecule has 0 aliphatic rings. The Bertz CT molecular complexity index is 1120. The third kappa shape index (κ3) is 5.05. The van der Waals surface area contributed by atoms with Gasteiger partial charge in [-0.25, -0.2) is 8.42 Å². The molecular formula is C15H16CuN2O8S+2. The van der Waals surface area contributed by atoms with E-state index in [2.05, 4.69) is 10.5 Å². The van der Waals surface area contributed by atoms with Gasteiger partial charge in [-0.2, -0.15) is 0 Å². The van der Waals surface area contributed by atoms with Crippen LogP contribution in [0.15, 0.2) is 68.1 Å². The molecule has 10 nitrogen and oxygen atoms in total. The van der Waals surface area contributed by atoms with Crippen LogP contribution in [0, 0.1) is 0 Å². The van der Waals surface area contributed by atoms with Crippen molar-refractivity contribution in [3.63, 3.8) is 0 Å². The Morgan fingerprint density at radius 1 is 0.852 bits per heavy atom. The van der Waals surface area contributed by atoms with Gasteiger partial charge in [0.15, 0.2) is 0 Å². The number of hydrogen-bond acceptors (Lipinski definition) is 6. The Morgan fingerprint density at radius 3 is 1.78 bits per heavy atom. The average Bonchev–Trinajstić information content (AvgIpc) is 2.77. The van der Waals surface area contributed by atoms with E-state index in [0.29, 0.717) is 0 Å². The zero-order valence-corrected chi connectivity index (χ0v) is 15.2. The first-order chi connectivity index (χ1) is 10.9. The molecule has 27 heavy (non-hydrogen) atoms. The second-order valence-electron chi connectivity index (χ2n) is 4.67. The van der Waals surface area contributed by atoms with E-state index in [0.717, 1.165) is 6.07 Å². The van der Waals surface area contributed by atoms with E-state index in [-0.39, 0.29) is 50.0 Å². The van der Waals surface area contributed by atoms with Crippen LogP contribution >= 0.6 is 0 Å². The summed E-state index contributed by atoms with van der Waals surface area (Å²) >= 11 is 0. The molecule has 0 atom stereocenters. The molecule has 1 radical (unpaired) electrons. The molecular weight excluding hydrogens is 432 g/mol. The van der Waals surface area contributed by atoms with Crippen LogP contribution in [0.25, 0.3) is 16.2 Å². The summed E-state index contributed by atoms with van der Waals surface area (Å²) in [4.78, 5) is 23.7. The second-order valence-corrected chi connectivity index (χ2v) is 6.02. The van der Waals surface area contributed by atoms with Crippen molar-refractivity contribution in [3.8, 4) is 0 Å². The van der Waals surface area contributed by atoms with Crippen LogP contribution in [-0.2, 0) is 38.1 Å². The molecule has 8 N–H and O–H groups in total. The fourth-order valence-electron chi connectivity index (χ4n) is 2.18. The van der Waals surface area contributed by atoms with Crippen LogP contribution in [0.3, 0.4) is 0 Å². The minimum atomic E-state index is -4.74. The average molecular weight is 448 g/mol. The largest absolute Gasteiger partial charge is 2.00 e. The van der Waals surface area contributed by atoms with Gasteiger partial charge in [0.2, 0.25) is 10.9 Å². The quantitative estimate of drug-likeness (QED) is 0.195. The number of fused-ring (bicyclic) bond motifs is 1. The van der Waals surface area contributed by atoms with Crippen LogP contribution in [0.5, 0.6) is 0 Å². The van der Waals surface area contributed by atoms with Crippen molar-refractivity contribution < 1.29 is 46.5 Å². The van der Waals surface area contributed by atoms with E-state index in [9.17, 15) is 22.6 Å². The summed E-state index contributed by atoms with van der Waals surface area (Å²) in [5.41, 5.74) is 2.20. The summed E-state index contributed by atoms with van der Waals surface area (Å²) in [5.74, 6) is 0. The molecule has 3 rings (SSSR count). The Balaban J connectivity index is 0. The minimum Gasteiger partial charge on any atom is -0.744 e. The normalized spacial score (nSPS) is 9.81. The van der Waals surface area contributed by atoms with Gasteiger partial charge in [-0.3, -0.25) is 9.59 Å².